The van der Waals surface area contributed by atoms with Crippen LogP contribution >= 0.6 is 0 Å². The number of furan rings is 1. The fourth-order valence-electron chi connectivity index (χ4n) is 2.55. The fourth-order valence-corrected chi connectivity index (χ4v) is 2.55. The maximum atomic E-state index is 13.6. The maximum absolute atomic E-state index is 13.6. The Balaban J connectivity index is 1.96. The molecule has 3 rings (SSSR count). The van der Waals surface area contributed by atoms with Gasteiger partial charge < -0.3 is 14.9 Å². The van der Waals surface area contributed by atoms with Gasteiger partial charge in [0.15, 0.2) is 11.4 Å². The van der Waals surface area contributed by atoms with Crippen LogP contribution in [0, 0.1) is 11.7 Å². The van der Waals surface area contributed by atoms with Gasteiger partial charge in [0.25, 0.3) is 0 Å². The molecule has 1 aromatic carbocycles. The average molecular weight is 249 g/mol. The topological polar surface area (TPSA) is 48.4 Å². The molecule has 3 unspecified atom stereocenters. The third kappa shape index (κ3) is 1.82. The van der Waals surface area contributed by atoms with E-state index in [1.807, 2.05) is 6.07 Å². The van der Waals surface area contributed by atoms with Crippen molar-refractivity contribution in [3.63, 3.8) is 0 Å². The average Bonchev–Trinajstić information content (AvgIpc) is 2.95. The molecule has 1 fully saturated rings. The molecule has 3 nitrogen and oxygen atoms in total. The molecule has 0 radical (unpaired) electrons. The van der Waals surface area contributed by atoms with Crippen molar-refractivity contribution in [2.75, 3.05) is 6.61 Å². The van der Waals surface area contributed by atoms with Gasteiger partial charge in [0.1, 0.15) is 5.76 Å². The first-order valence-corrected chi connectivity index (χ1v) is 6.22. The molecule has 0 bridgehead atoms. The van der Waals surface area contributed by atoms with Crippen LogP contribution < -0.4 is 5.73 Å². The molecular formula is C14H16FNO2. The maximum Gasteiger partial charge on any atom is 0.169 e. The summed E-state index contributed by atoms with van der Waals surface area (Å²) in [5.41, 5.74) is 6.44. The summed E-state index contributed by atoms with van der Waals surface area (Å²) in [7, 11) is 0. The molecule has 1 aromatic heterocycles. The summed E-state index contributed by atoms with van der Waals surface area (Å²) in [4.78, 5) is 0. The second kappa shape index (κ2) is 4.37. The molecule has 2 N–H and O–H groups in total. The van der Waals surface area contributed by atoms with Crippen LogP contribution in [0.5, 0.6) is 0 Å². The van der Waals surface area contributed by atoms with E-state index in [1.54, 1.807) is 12.1 Å². The van der Waals surface area contributed by atoms with E-state index in [-0.39, 0.29) is 23.5 Å². The number of nitrogens with two attached hydrogens (primary N) is 1. The zero-order chi connectivity index (χ0) is 12.7. The van der Waals surface area contributed by atoms with Gasteiger partial charge in [-0.2, -0.15) is 0 Å². The molecule has 0 amide bonds. The van der Waals surface area contributed by atoms with Crippen LogP contribution in [0.1, 0.15) is 25.1 Å². The van der Waals surface area contributed by atoms with Crippen LogP contribution in [0.25, 0.3) is 11.0 Å². The Bertz CT molecular complexity index is 566. The van der Waals surface area contributed by atoms with E-state index in [1.165, 1.54) is 6.07 Å². The van der Waals surface area contributed by atoms with Gasteiger partial charge in [-0.3, -0.25) is 0 Å². The normalized spacial score (nSPS) is 25.7. The number of hydrogen-bond acceptors (Lipinski definition) is 3. The summed E-state index contributed by atoms with van der Waals surface area (Å²) < 4.78 is 24.7. The molecule has 18 heavy (non-hydrogen) atoms. The van der Waals surface area contributed by atoms with Crippen LogP contribution in [0.2, 0.25) is 0 Å². The first-order chi connectivity index (χ1) is 8.66. The lowest BCUT2D eigenvalue weighted by Crippen LogP contribution is -2.29. The van der Waals surface area contributed by atoms with Crippen molar-refractivity contribution in [1.82, 2.24) is 0 Å². The van der Waals surface area contributed by atoms with Gasteiger partial charge in [-0.25, -0.2) is 4.39 Å². The second-order valence-corrected chi connectivity index (χ2v) is 4.93. The lowest BCUT2D eigenvalue weighted by atomic mass is 9.96. The van der Waals surface area contributed by atoms with Gasteiger partial charge in [0, 0.05) is 12.0 Å². The Morgan fingerprint density at radius 2 is 2.28 bits per heavy atom. The van der Waals surface area contributed by atoms with Crippen LogP contribution in [0.15, 0.2) is 28.7 Å². The van der Waals surface area contributed by atoms with Crippen LogP contribution in [0.3, 0.4) is 0 Å². The Hall–Kier alpha value is -1.39. The Morgan fingerprint density at radius 1 is 1.44 bits per heavy atom. The Morgan fingerprint density at radius 3 is 2.94 bits per heavy atom. The number of benzene rings is 1. The highest BCUT2D eigenvalue weighted by Gasteiger charge is 2.32. The lowest BCUT2D eigenvalue weighted by molar-refractivity contribution is 0.0668. The van der Waals surface area contributed by atoms with Crippen LogP contribution in [-0.4, -0.2) is 12.7 Å². The van der Waals surface area contributed by atoms with E-state index >= 15 is 0 Å². The highest BCUT2D eigenvalue weighted by Crippen LogP contribution is 2.33. The van der Waals surface area contributed by atoms with Crippen molar-refractivity contribution in [2.24, 2.45) is 11.7 Å². The van der Waals surface area contributed by atoms with Gasteiger partial charge in [-0.05, 0) is 24.5 Å². The van der Waals surface area contributed by atoms with Gasteiger partial charge in [0.05, 0.1) is 12.1 Å². The number of rotatable bonds is 2. The number of para-hydroxylation sites is 1. The first kappa shape index (κ1) is 11.7. The molecule has 0 saturated carbocycles. The summed E-state index contributed by atoms with van der Waals surface area (Å²) >= 11 is 0. The van der Waals surface area contributed by atoms with E-state index in [0.717, 1.165) is 18.4 Å². The summed E-state index contributed by atoms with van der Waals surface area (Å²) in [6.45, 7) is 2.84. The zero-order valence-corrected chi connectivity index (χ0v) is 10.2. The minimum absolute atomic E-state index is 0.0476. The molecule has 4 heteroatoms. The van der Waals surface area contributed by atoms with Gasteiger partial charge in [-0.1, -0.05) is 19.1 Å². The highest BCUT2D eigenvalue weighted by molar-refractivity contribution is 5.78. The Labute approximate surface area is 105 Å². The Kier molecular flexibility index (Phi) is 2.84. The molecular weight excluding hydrogens is 233 g/mol. The summed E-state index contributed by atoms with van der Waals surface area (Å²) in [6.07, 6.45) is 0.959. The van der Waals surface area contributed by atoms with Crippen molar-refractivity contribution >= 4 is 11.0 Å². The second-order valence-electron chi connectivity index (χ2n) is 4.93. The molecule has 0 aliphatic carbocycles. The summed E-state index contributed by atoms with van der Waals surface area (Å²) in [6, 6.07) is 6.33. The summed E-state index contributed by atoms with van der Waals surface area (Å²) in [5.74, 6) is 0.637. The van der Waals surface area contributed by atoms with E-state index < -0.39 is 0 Å². The molecule has 2 aromatic rings. The summed E-state index contributed by atoms with van der Waals surface area (Å²) in [5, 5.41) is 0.742. The van der Waals surface area contributed by atoms with Gasteiger partial charge >= 0.3 is 0 Å². The molecule has 1 aliphatic rings. The van der Waals surface area contributed by atoms with Crippen LogP contribution in [0.4, 0.5) is 4.39 Å². The molecule has 3 atom stereocenters. The number of halogens is 1. The largest absolute Gasteiger partial charge is 0.456 e. The minimum Gasteiger partial charge on any atom is -0.456 e. The third-order valence-electron chi connectivity index (χ3n) is 3.64. The number of hydrogen-bond donors (Lipinski definition) is 1. The van der Waals surface area contributed by atoms with Crippen molar-refractivity contribution in [2.45, 2.75) is 25.5 Å². The number of ether oxygens (including phenoxy) is 1. The van der Waals surface area contributed by atoms with E-state index in [4.69, 9.17) is 14.9 Å². The first-order valence-electron chi connectivity index (χ1n) is 6.22. The van der Waals surface area contributed by atoms with Crippen molar-refractivity contribution in [3.8, 4) is 0 Å². The van der Waals surface area contributed by atoms with Crippen molar-refractivity contribution in [3.05, 3.63) is 35.8 Å². The van der Waals surface area contributed by atoms with E-state index in [2.05, 4.69) is 6.92 Å². The fraction of sp³-hybridized carbons (Fsp3) is 0.429. The highest BCUT2D eigenvalue weighted by atomic mass is 19.1. The van der Waals surface area contributed by atoms with Crippen molar-refractivity contribution < 1.29 is 13.5 Å². The van der Waals surface area contributed by atoms with Crippen LogP contribution in [-0.2, 0) is 4.74 Å². The molecule has 1 aliphatic heterocycles. The molecule has 0 spiro atoms. The SMILES string of the molecule is CC1CCOC1C(N)c1cc2cccc(F)c2o1. The lowest BCUT2D eigenvalue weighted by Gasteiger charge is -2.20. The smallest absolute Gasteiger partial charge is 0.169 e. The van der Waals surface area contributed by atoms with E-state index in [9.17, 15) is 4.39 Å². The van der Waals surface area contributed by atoms with Crippen molar-refractivity contribution in [1.29, 1.82) is 0 Å². The standard InChI is InChI=1S/C14H16FNO2/c1-8-5-6-17-13(8)12(16)11-7-9-3-2-4-10(15)14(9)18-11/h2-4,7-8,12-13H,5-6,16H2,1H3. The molecule has 1 saturated heterocycles. The predicted molar refractivity (Wildman–Crippen MR) is 66.6 cm³/mol. The number of fused-ring (bicyclic) bond motifs is 1. The van der Waals surface area contributed by atoms with E-state index in [0.29, 0.717) is 11.7 Å². The minimum atomic E-state index is -0.355. The molecule has 96 valence electrons. The zero-order valence-electron chi connectivity index (χ0n) is 10.2. The monoisotopic (exact) mass is 249 g/mol. The third-order valence-corrected chi connectivity index (χ3v) is 3.64. The predicted octanol–water partition coefficient (Wildman–Crippen LogP) is 3.00. The van der Waals surface area contributed by atoms with Gasteiger partial charge in [0.2, 0.25) is 0 Å². The molecule has 2 heterocycles. The van der Waals surface area contributed by atoms with Gasteiger partial charge in [-0.15, -0.1) is 0 Å². The quantitative estimate of drug-likeness (QED) is 0.890.